The Morgan fingerprint density at radius 1 is 1.05 bits per heavy atom. The highest BCUT2D eigenvalue weighted by atomic mass is 32.1. The van der Waals surface area contributed by atoms with E-state index in [0.717, 1.165) is 0 Å². The van der Waals surface area contributed by atoms with Crippen molar-refractivity contribution in [3.63, 3.8) is 0 Å². The lowest BCUT2D eigenvalue weighted by Crippen LogP contribution is -2.53. The van der Waals surface area contributed by atoms with Crippen LogP contribution in [0, 0.1) is 5.82 Å². The summed E-state index contributed by atoms with van der Waals surface area (Å²) in [6, 6.07) is 13.6. The molecule has 3 atom stereocenters. The molecule has 0 unspecified atom stereocenters. The number of rotatable bonds is 5. The van der Waals surface area contributed by atoms with Gasteiger partial charge in [-0.1, -0.05) is 6.07 Å². The Hall–Kier alpha value is -3.96. The first kappa shape index (κ1) is 25.7. The molecule has 38 heavy (non-hydrogen) atoms. The summed E-state index contributed by atoms with van der Waals surface area (Å²) >= 11 is 1.40. The number of fused-ring (bicyclic) bond motifs is 2. The third-order valence-corrected chi connectivity index (χ3v) is 7.33. The summed E-state index contributed by atoms with van der Waals surface area (Å²) in [5.41, 5.74) is 1.19. The quantitative estimate of drug-likeness (QED) is 0.426. The molecule has 3 heterocycles. The number of likely N-dealkylation sites (N-methyl/N-ethyl adjacent to an activating group) is 1. The van der Waals surface area contributed by atoms with Crippen molar-refractivity contribution in [3.05, 3.63) is 71.4 Å². The number of anilines is 3. The van der Waals surface area contributed by atoms with Gasteiger partial charge in [-0.05, 0) is 66.8 Å². The Labute approximate surface area is 222 Å². The number of benzene rings is 2. The number of urea groups is 1. The monoisotopic (exact) mass is 538 g/mol. The molecule has 1 saturated heterocycles. The van der Waals surface area contributed by atoms with E-state index in [1.54, 1.807) is 42.3 Å². The Morgan fingerprint density at radius 2 is 1.89 bits per heavy atom. The van der Waals surface area contributed by atoms with Crippen LogP contribution in [0.5, 0.6) is 5.75 Å². The molecule has 0 saturated carbocycles. The number of nitrogens with one attached hydrogen (secondary N) is 3. The summed E-state index contributed by atoms with van der Waals surface area (Å²) in [4.78, 5) is 39.9. The summed E-state index contributed by atoms with van der Waals surface area (Å²) in [5, 5.41) is 10.8. The van der Waals surface area contributed by atoms with Gasteiger partial charge in [0.05, 0.1) is 29.1 Å². The van der Waals surface area contributed by atoms with Crippen LogP contribution >= 0.6 is 11.3 Å². The molecule has 2 aromatic carbocycles. The Morgan fingerprint density at radius 3 is 2.68 bits per heavy atom. The highest BCUT2D eigenvalue weighted by Gasteiger charge is 2.39. The van der Waals surface area contributed by atoms with Crippen LogP contribution in [0.3, 0.4) is 0 Å². The first-order chi connectivity index (χ1) is 18.4. The highest BCUT2D eigenvalue weighted by Crippen LogP contribution is 2.32. The van der Waals surface area contributed by atoms with Crippen LogP contribution in [0.15, 0.2) is 60.0 Å². The summed E-state index contributed by atoms with van der Waals surface area (Å²) in [6.07, 6.45) is 0.532. The second-order valence-corrected chi connectivity index (χ2v) is 10.1. The van der Waals surface area contributed by atoms with Crippen LogP contribution in [0.1, 0.15) is 29.6 Å². The fourth-order valence-corrected chi connectivity index (χ4v) is 5.33. The molecule has 0 radical (unpaired) electrons. The zero-order chi connectivity index (χ0) is 26.6. The van der Waals surface area contributed by atoms with E-state index >= 15 is 0 Å². The third kappa shape index (κ3) is 5.95. The maximum absolute atomic E-state index is 13.4. The first-order valence-electron chi connectivity index (χ1n) is 12.2. The number of nitrogens with zero attached hydrogens (tertiary/aromatic N) is 1. The molecule has 2 aliphatic rings. The van der Waals surface area contributed by atoms with Gasteiger partial charge in [0, 0.05) is 18.4 Å². The number of halogens is 1. The molecule has 1 fully saturated rings. The van der Waals surface area contributed by atoms with Gasteiger partial charge in [0.2, 0.25) is 5.91 Å². The summed E-state index contributed by atoms with van der Waals surface area (Å²) in [5.74, 6) is -0.561. The number of amides is 4. The Bertz CT molecular complexity index is 1330. The van der Waals surface area contributed by atoms with E-state index in [1.165, 1.54) is 29.5 Å². The molecular weight excluding hydrogens is 511 g/mol. The van der Waals surface area contributed by atoms with Gasteiger partial charge in [0.15, 0.2) is 0 Å². The molecule has 11 heteroatoms. The van der Waals surface area contributed by atoms with Crippen molar-refractivity contribution in [3.8, 4) is 5.75 Å². The highest BCUT2D eigenvalue weighted by molar-refractivity contribution is 7.14. The van der Waals surface area contributed by atoms with Gasteiger partial charge in [-0.15, -0.1) is 11.3 Å². The van der Waals surface area contributed by atoms with Gasteiger partial charge in [-0.25, -0.2) is 9.18 Å². The number of carbonyl (C=O) groups is 3. The van der Waals surface area contributed by atoms with Gasteiger partial charge < -0.3 is 25.0 Å². The molecule has 5 rings (SSSR count). The minimum atomic E-state index is -0.427. The van der Waals surface area contributed by atoms with Crippen molar-refractivity contribution in [1.29, 1.82) is 0 Å². The fourth-order valence-electron chi connectivity index (χ4n) is 4.71. The van der Waals surface area contributed by atoms with Crippen molar-refractivity contribution in [1.82, 2.24) is 4.90 Å². The summed E-state index contributed by atoms with van der Waals surface area (Å²) in [6.45, 7) is 0.197. The third-order valence-electron chi connectivity index (χ3n) is 6.55. The predicted molar refractivity (Wildman–Crippen MR) is 142 cm³/mol. The van der Waals surface area contributed by atoms with Crippen LogP contribution in [0.25, 0.3) is 0 Å². The second-order valence-electron chi connectivity index (χ2n) is 9.20. The zero-order valence-electron chi connectivity index (χ0n) is 20.6. The molecule has 4 amide bonds. The van der Waals surface area contributed by atoms with E-state index in [1.807, 2.05) is 11.4 Å². The first-order valence-corrected chi connectivity index (χ1v) is 13.1. The molecule has 0 aliphatic carbocycles. The van der Waals surface area contributed by atoms with Crippen LogP contribution in [0.2, 0.25) is 0 Å². The number of ether oxygens (including phenoxy) is 2. The molecule has 9 nitrogen and oxygen atoms in total. The van der Waals surface area contributed by atoms with E-state index in [-0.39, 0.29) is 37.0 Å². The number of hydrogen-bond acceptors (Lipinski definition) is 6. The van der Waals surface area contributed by atoms with Gasteiger partial charge in [0.1, 0.15) is 24.3 Å². The maximum Gasteiger partial charge on any atom is 0.324 e. The smallest absolute Gasteiger partial charge is 0.324 e. The summed E-state index contributed by atoms with van der Waals surface area (Å²) < 4.78 is 25.6. The molecule has 3 aromatic rings. The van der Waals surface area contributed by atoms with Gasteiger partial charge in [-0.2, -0.15) is 0 Å². The van der Waals surface area contributed by atoms with Gasteiger partial charge in [-0.3, -0.25) is 14.9 Å². The lowest BCUT2D eigenvalue weighted by molar-refractivity contribution is -0.130. The number of thiophene rings is 1. The standard InChI is InChI=1S/C27H27FN4O5S/c1-32-21-9-8-19(14-24(33)29-17-5-2-4-16(28)12-17)37-23(21)15-36-22-10-7-18(13-20(22)26(32)34)30-27(35)31-25-6-3-11-38-25/h2-7,10-13,19,21,23H,8-9,14-15H2,1H3,(H,29,33)(H2,30,31,35)/t19-,21+,23-/m1/s1. The van der Waals surface area contributed by atoms with Crippen molar-refractivity contribution in [2.45, 2.75) is 37.5 Å². The number of carbonyl (C=O) groups excluding carboxylic acids is 3. The van der Waals surface area contributed by atoms with Gasteiger partial charge in [0.25, 0.3) is 5.91 Å². The molecular formula is C27H27FN4O5S. The molecule has 0 bridgehead atoms. The Kier molecular flexibility index (Phi) is 7.57. The average molecular weight is 539 g/mol. The van der Waals surface area contributed by atoms with Crippen molar-refractivity contribution >= 4 is 45.6 Å². The van der Waals surface area contributed by atoms with E-state index in [9.17, 15) is 18.8 Å². The second kappa shape index (κ2) is 11.2. The normalized spacial score (nSPS) is 20.7. The minimum Gasteiger partial charge on any atom is -0.490 e. The van der Waals surface area contributed by atoms with Crippen molar-refractivity contribution in [2.75, 3.05) is 29.6 Å². The summed E-state index contributed by atoms with van der Waals surface area (Å²) in [7, 11) is 1.72. The predicted octanol–water partition coefficient (Wildman–Crippen LogP) is 4.94. The van der Waals surface area contributed by atoms with E-state index < -0.39 is 18.0 Å². The lowest BCUT2D eigenvalue weighted by atomic mass is 9.94. The van der Waals surface area contributed by atoms with Crippen LogP contribution in [-0.2, 0) is 9.53 Å². The van der Waals surface area contributed by atoms with Crippen LogP contribution in [-0.4, -0.2) is 54.6 Å². The Balaban J connectivity index is 1.23. The van der Waals surface area contributed by atoms with E-state index in [2.05, 4.69) is 16.0 Å². The zero-order valence-corrected chi connectivity index (χ0v) is 21.4. The minimum absolute atomic E-state index is 0.108. The molecule has 1 aromatic heterocycles. The largest absolute Gasteiger partial charge is 0.490 e. The topological polar surface area (TPSA) is 109 Å². The molecule has 198 valence electrons. The lowest BCUT2D eigenvalue weighted by Gasteiger charge is -2.42. The SMILES string of the molecule is CN1C(=O)c2cc(NC(=O)Nc3cccs3)ccc2OC[C@H]2O[C@@H](CC(=O)Nc3cccc(F)c3)CC[C@@H]21. The average Bonchev–Trinajstić information content (AvgIpc) is 3.39. The molecule has 2 aliphatic heterocycles. The van der Waals surface area contributed by atoms with Crippen LogP contribution < -0.4 is 20.7 Å². The van der Waals surface area contributed by atoms with E-state index in [4.69, 9.17) is 9.47 Å². The molecule has 0 spiro atoms. The van der Waals surface area contributed by atoms with Crippen molar-refractivity contribution < 1.29 is 28.2 Å². The van der Waals surface area contributed by atoms with E-state index in [0.29, 0.717) is 40.5 Å². The van der Waals surface area contributed by atoms with Crippen molar-refractivity contribution in [2.24, 2.45) is 0 Å². The molecule has 3 N–H and O–H groups in total. The van der Waals surface area contributed by atoms with Gasteiger partial charge >= 0.3 is 6.03 Å². The van der Waals surface area contributed by atoms with Crippen LogP contribution in [0.4, 0.5) is 25.6 Å². The maximum atomic E-state index is 13.4. The fraction of sp³-hybridized carbons (Fsp3) is 0.296. The number of hydrogen-bond donors (Lipinski definition) is 3.